The van der Waals surface area contributed by atoms with Crippen molar-refractivity contribution >= 4 is 23.2 Å². The Bertz CT molecular complexity index is 515. The van der Waals surface area contributed by atoms with E-state index in [1.165, 1.54) is 12.1 Å². The first-order chi connectivity index (χ1) is 9.33. The third-order valence-corrected chi connectivity index (χ3v) is 3.63. The molecule has 0 atom stereocenters. The molecule has 0 bridgehead atoms. The van der Waals surface area contributed by atoms with Gasteiger partial charge in [0.05, 0.1) is 21.1 Å². The van der Waals surface area contributed by atoms with Gasteiger partial charge in [-0.25, -0.2) is 0 Å². The van der Waals surface area contributed by atoms with Gasteiger partial charge in [-0.15, -0.1) is 0 Å². The number of nitrogens with one attached hydrogen (secondary N) is 1. The number of nitro groups is 1. The zero-order valence-electron chi connectivity index (χ0n) is 11.4. The van der Waals surface area contributed by atoms with E-state index in [1.807, 2.05) is 13.8 Å². The standard InChI is InChI=1S/C13H17ClN2O4/c1-3-13(18,4-2)8-15-12(17)10-7-9(16(19)20)5-6-11(10)14/h5-7,18H,3-4,8H2,1-2H3,(H,15,17). The fraction of sp³-hybridized carbons (Fsp3) is 0.462. The number of hydrogen-bond donors (Lipinski definition) is 2. The number of nitrogens with zero attached hydrogens (tertiary/aromatic N) is 1. The van der Waals surface area contributed by atoms with Crippen LogP contribution in [-0.4, -0.2) is 28.1 Å². The molecule has 110 valence electrons. The number of carbonyl (C=O) groups excluding carboxylic acids is 1. The first-order valence-electron chi connectivity index (χ1n) is 6.27. The Morgan fingerprint density at radius 1 is 1.45 bits per heavy atom. The number of hydrogen-bond acceptors (Lipinski definition) is 4. The van der Waals surface area contributed by atoms with E-state index in [4.69, 9.17) is 11.6 Å². The number of rotatable bonds is 6. The highest BCUT2D eigenvalue weighted by Crippen LogP contribution is 2.22. The normalized spacial score (nSPS) is 11.2. The molecule has 1 rings (SSSR count). The molecule has 0 aliphatic carbocycles. The third-order valence-electron chi connectivity index (χ3n) is 3.30. The van der Waals surface area contributed by atoms with Gasteiger partial charge in [0.2, 0.25) is 0 Å². The van der Waals surface area contributed by atoms with Gasteiger partial charge in [0.25, 0.3) is 11.6 Å². The monoisotopic (exact) mass is 300 g/mol. The summed E-state index contributed by atoms with van der Waals surface area (Å²) >= 11 is 5.87. The van der Waals surface area contributed by atoms with Crippen LogP contribution in [0.3, 0.4) is 0 Å². The van der Waals surface area contributed by atoms with Gasteiger partial charge < -0.3 is 10.4 Å². The Labute approximate surface area is 121 Å². The second kappa shape index (κ2) is 6.67. The lowest BCUT2D eigenvalue weighted by molar-refractivity contribution is -0.384. The molecular weight excluding hydrogens is 284 g/mol. The average molecular weight is 301 g/mol. The van der Waals surface area contributed by atoms with Crippen LogP contribution < -0.4 is 5.32 Å². The van der Waals surface area contributed by atoms with Crippen molar-refractivity contribution in [3.8, 4) is 0 Å². The summed E-state index contributed by atoms with van der Waals surface area (Å²) < 4.78 is 0. The average Bonchev–Trinajstić information content (AvgIpc) is 2.44. The highest BCUT2D eigenvalue weighted by atomic mass is 35.5. The van der Waals surface area contributed by atoms with Gasteiger partial charge >= 0.3 is 0 Å². The number of nitro benzene ring substituents is 1. The van der Waals surface area contributed by atoms with E-state index in [-0.39, 0.29) is 22.8 Å². The zero-order valence-corrected chi connectivity index (χ0v) is 12.1. The Morgan fingerprint density at radius 2 is 2.05 bits per heavy atom. The number of carbonyl (C=O) groups is 1. The summed E-state index contributed by atoms with van der Waals surface area (Å²) in [6.07, 6.45) is 0.985. The molecule has 7 heteroatoms. The first-order valence-corrected chi connectivity index (χ1v) is 6.65. The lowest BCUT2D eigenvalue weighted by Crippen LogP contribution is -2.42. The van der Waals surface area contributed by atoms with Crippen molar-refractivity contribution in [1.29, 1.82) is 0 Å². The van der Waals surface area contributed by atoms with Gasteiger partial charge in [-0.3, -0.25) is 14.9 Å². The minimum atomic E-state index is -0.983. The van der Waals surface area contributed by atoms with Crippen LogP contribution in [0.25, 0.3) is 0 Å². The summed E-state index contributed by atoms with van der Waals surface area (Å²) in [6.45, 7) is 3.70. The van der Waals surface area contributed by atoms with E-state index >= 15 is 0 Å². The van der Waals surface area contributed by atoms with Crippen molar-refractivity contribution in [2.24, 2.45) is 0 Å². The molecule has 0 spiro atoms. The van der Waals surface area contributed by atoms with Gasteiger partial charge in [-0.2, -0.15) is 0 Å². The summed E-state index contributed by atoms with van der Waals surface area (Å²) in [6, 6.07) is 3.66. The molecule has 1 aromatic carbocycles. The van der Waals surface area contributed by atoms with E-state index in [0.29, 0.717) is 12.8 Å². The van der Waals surface area contributed by atoms with Crippen LogP contribution in [0.15, 0.2) is 18.2 Å². The van der Waals surface area contributed by atoms with Gasteiger partial charge in [-0.1, -0.05) is 25.4 Å². The molecule has 1 aromatic rings. The Morgan fingerprint density at radius 3 is 2.55 bits per heavy atom. The lowest BCUT2D eigenvalue weighted by atomic mass is 9.97. The van der Waals surface area contributed by atoms with Crippen LogP contribution in [0, 0.1) is 10.1 Å². The van der Waals surface area contributed by atoms with Crippen LogP contribution in [0.5, 0.6) is 0 Å². The van der Waals surface area contributed by atoms with Crippen molar-refractivity contribution < 1.29 is 14.8 Å². The van der Waals surface area contributed by atoms with Gasteiger partial charge in [0.1, 0.15) is 0 Å². The second-order valence-electron chi connectivity index (χ2n) is 4.54. The van der Waals surface area contributed by atoms with Crippen molar-refractivity contribution in [1.82, 2.24) is 5.32 Å². The van der Waals surface area contributed by atoms with Crippen molar-refractivity contribution in [3.05, 3.63) is 38.9 Å². The maximum absolute atomic E-state index is 12.0. The van der Waals surface area contributed by atoms with E-state index < -0.39 is 16.4 Å². The molecule has 0 aliphatic rings. The molecule has 2 N–H and O–H groups in total. The number of halogens is 1. The Balaban J connectivity index is 2.87. The molecule has 0 radical (unpaired) electrons. The van der Waals surface area contributed by atoms with Crippen LogP contribution in [-0.2, 0) is 0 Å². The molecule has 0 saturated carbocycles. The summed E-state index contributed by atoms with van der Waals surface area (Å²) in [5.41, 5.74) is -1.17. The molecule has 6 nitrogen and oxygen atoms in total. The van der Waals surface area contributed by atoms with E-state index in [2.05, 4.69) is 5.32 Å². The summed E-state index contributed by atoms with van der Waals surface area (Å²) in [5, 5.41) is 23.5. The minimum Gasteiger partial charge on any atom is -0.388 e. The molecule has 20 heavy (non-hydrogen) atoms. The zero-order chi connectivity index (χ0) is 15.3. The molecule has 0 saturated heterocycles. The number of amides is 1. The summed E-state index contributed by atoms with van der Waals surface area (Å²) in [5.74, 6) is -0.543. The Hall–Kier alpha value is -1.66. The van der Waals surface area contributed by atoms with Crippen LogP contribution in [0.2, 0.25) is 5.02 Å². The highest BCUT2D eigenvalue weighted by molar-refractivity contribution is 6.33. The van der Waals surface area contributed by atoms with E-state index in [0.717, 1.165) is 6.07 Å². The maximum Gasteiger partial charge on any atom is 0.270 e. The van der Waals surface area contributed by atoms with Gasteiger partial charge in [0.15, 0.2) is 0 Å². The predicted octanol–water partition coefficient (Wildman–Crippen LogP) is 2.53. The molecule has 0 unspecified atom stereocenters. The largest absolute Gasteiger partial charge is 0.388 e. The van der Waals surface area contributed by atoms with Crippen molar-refractivity contribution in [2.75, 3.05) is 6.54 Å². The highest BCUT2D eigenvalue weighted by Gasteiger charge is 2.24. The molecule has 0 heterocycles. The van der Waals surface area contributed by atoms with Crippen LogP contribution >= 0.6 is 11.6 Å². The molecule has 0 fully saturated rings. The van der Waals surface area contributed by atoms with E-state index in [9.17, 15) is 20.0 Å². The minimum absolute atomic E-state index is 0.0235. The smallest absolute Gasteiger partial charge is 0.270 e. The van der Waals surface area contributed by atoms with Crippen molar-refractivity contribution in [3.63, 3.8) is 0 Å². The molecule has 0 aliphatic heterocycles. The topological polar surface area (TPSA) is 92.5 Å². The number of aliphatic hydroxyl groups is 1. The maximum atomic E-state index is 12.0. The molecular formula is C13H17ClN2O4. The van der Waals surface area contributed by atoms with E-state index in [1.54, 1.807) is 0 Å². The number of non-ortho nitro benzene ring substituents is 1. The van der Waals surface area contributed by atoms with Crippen molar-refractivity contribution in [2.45, 2.75) is 32.3 Å². The fourth-order valence-corrected chi connectivity index (χ4v) is 1.84. The molecule has 0 aromatic heterocycles. The predicted molar refractivity (Wildman–Crippen MR) is 76.0 cm³/mol. The SMILES string of the molecule is CCC(O)(CC)CNC(=O)c1cc([N+](=O)[O-])ccc1Cl. The van der Waals surface area contributed by atoms with Gasteiger partial charge in [-0.05, 0) is 18.9 Å². The fourth-order valence-electron chi connectivity index (χ4n) is 1.64. The quantitative estimate of drug-likeness (QED) is 0.623. The van der Waals surface area contributed by atoms with Crippen LogP contribution in [0.4, 0.5) is 5.69 Å². The van der Waals surface area contributed by atoms with Crippen LogP contribution in [0.1, 0.15) is 37.0 Å². The summed E-state index contributed by atoms with van der Waals surface area (Å²) in [4.78, 5) is 22.1. The molecule has 1 amide bonds. The van der Waals surface area contributed by atoms with Gasteiger partial charge in [0, 0.05) is 18.7 Å². The third kappa shape index (κ3) is 3.91. The second-order valence-corrected chi connectivity index (χ2v) is 4.94. The number of benzene rings is 1. The lowest BCUT2D eigenvalue weighted by Gasteiger charge is -2.25. The summed E-state index contributed by atoms with van der Waals surface area (Å²) in [7, 11) is 0. The Kier molecular flexibility index (Phi) is 5.47. The first kappa shape index (κ1) is 16.4.